The second kappa shape index (κ2) is 8.08. The van der Waals surface area contributed by atoms with Gasteiger partial charge in [-0.05, 0) is 64.1 Å². The first-order chi connectivity index (χ1) is 14.4. The third kappa shape index (κ3) is 3.95. The molecular weight excluding hydrogens is 368 g/mol. The maximum Gasteiger partial charge on any atom is 0.115 e. The van der Waals surface area contributed by atoms with Crippen LogP contribution in [0.5, 0.6) is 11.5 Å². The molecule has 0 heterocycles. The first-order valence-corrected chi connectivity index (χ1v) is 10.2. The molecule has 0 atom stereocenters. The molecule has 150 valence electrons. The first kappa shape index (κ1) is 19.8. The smallest absolute Gasteiger partial charge is 0.115 e. The fourth-order valence-electron chi connectivity index (χ4n) is 4.00. The van der Waals surface area contributed by atoms with E-state index in [-0.39, 0.29) is 16.9 Å². The molecule has 4 aromatic rings. The molecule has 0 bridgehead atoms. The van der Waals surface area contributed by atoms with Crippen LogP contribution in [0, 0.1) is 0 Å². The summed E-state index contributed by atoms with van der Waals surface area (Å²) in [6.07, 6.45) is 1.10. The molecule has 30 heavy (non-hydrogen) atoms. The van der Waals surface area contributed by atoms with Gasteiger partial charge in [0.1, 0.15) is 11.5 Å². The van der Waals surface area contributed by atoms with Gasteiger partial charge in [-0.1, -0.05) is 86.6 Å². The highest BCUT2D eigenvalue weighted by Crippen LogP contribution is 2.35. The van der Waals surface area contributed by atoms with Crippen molar-refractivity contribution in [3.05, 3.63) is 119 Å². The second-order valence-corrected chi connectivity index (χ2v) is 8.21. The molecule has 0 unspecified atom stereocenters. The van der Waals surface area contributed by atoms with Crippen LogP contribution < -0.4 is 0 Å². The minimum Gasteiger partial charge on any atom is -0.508 e. The van der Waals surface area contributed by atoms with E-state index in [9.17, 15) is 10.2 Å². The van der Waals surface area contributed by atoms with Crippen molar-refractivity contribution >= 4 is 0 Å². The van der Waals surface area contributed by atoms with Gasteiger partial charge in [-0.2, -0.15) is 0 Å². The Morgan fingerprint density at radius 1 is 0.533 bits per heavy atom. The van der Waals surface area contributed by atoms with E-state index >= 15 is 0 Å². The van der Waals surface area contributed by atoms with Gasteiger partial charge in [-0.25, -0.2) is 0 Å². The predicted octanol–water partition coefficient (Wildman–Crippen LogP) is 6.68. The van der Waals surface area contributed by atoms with Gasteiger partial charge in [-0.3, -0.25) is 0 Å². The lowest BCUT2D eigenvalue weighted by Gasteiger charge is -2.26. The van der Waals surface area contributed by atoms with Crippen LogP contribution in [0.1, 0.15) is 36.1 Å². The van der Waals surface area contributed by atoms with Gasteiger partial charge in [0.25, 0.3) is 0 Å². The van der Waals surface area contributed by atoms with Crippen LogP contribution in [-0.4, -0.2) is 10.2 Å². The average Bonchev–Trinajstić information content (AvgIpc) is 3.14. The summed E-state index contributed by atoms with van der Waals surface area (Å²) in [5.41, 5.74) is 7.85. The lowest BCUT2D eigenvalue weighted by atomic mass is 9.78. The van der Waals surface area contributed by atoms with E-state index < -0.39 is 0 Å². The highest BCUT2D eigenvalue weighted by Gasteiger charge is 2.22. The van der Waals surface area contributed by atoms with E-state index in [1.54, 1.807) is 24.3 Å². The highest BCUT2D eigenvalue weighted by molar-refractivity contribution is 5.76. The molecule has 2 N–H and O–H groups in total. The van der Waals surface area contributed by atoms with E-state index in [0.717, 1.165) is 17.5 Å². The highest BCUT2D eigenvalue weighted by atomic mass is 16.3. The Balaban J connectivity index is 0.000000150. The summed E-state index contributed by atoms with van der Waals surface area (Å²) in [6.45, 7) is 4.23. The maximum absolute atomic E-state index is 9.30. The topological polar surface area (TPSA) is 40.5 Å². The number of aromatic hydroxyl groups is 2. The molecule has 5 rings (SSSR count). The molecule has 0 saturated heterocycles. The summed E-state index contributed by atoms with van der Waals surface area (Å²) in [4.78, 5) is 0. The van der Waals surface area contributed by atoms with Gasteiger partial charge in [0, 0.05) is 5.41 Å². The number of hydrogen-bond acceptors (Lipinski definition) is 2. The van der Waals surface area contributed by atoms with Crippen molar-refractivity contribution < 1.29 is 10.2 Å². The molecule has 0 aliphatic heterocycles. The van der Waals surface area contributed by atoms with Gasteiger partial charge in [0.05, 0.1) is 0 Å². The Bertz CT molecular complexity index is 1050. The summed E-state index contributed by atoms with van der Waals surface area (Å²) >= 11 is 0. The summed E-state index contributed by atoms with van der Waals surface area (Å²) in [5.74, 6) is 0.547. The molecule has 4 aromatic carbocycles. The lowest BCUT2D eigenvalue weighted by molar-refractivity contribution is 0.474. The van der Waals surface area contributed by atoms with Gasteiger partial charge in [0.2, 0.25) is 0 Å². The molecule has 0 saturated carbocycles. The summed E-state index contributed by atoms with van der Waals surface area (Å²) < 4.78 is 0. The monoisotopic (exact) mass is 394 g/mol. The van der Waals surface area contributed by atoms with Crippen molar-refractivity contribution in [2.24, 2.45) is 0 Å². The average molecular weight is 395 g/mol. The van der Waals surface area contributed by atoms with Crippen LogP contribution >= 0.6 is 0 Å². The number of benzene rings is 4. The second-order valence-electron chi connectivity index (χ2n) is 8.21. The SMILES string of the molecule is CC(C)(c1ccc(O)cc1)c1ccc(O)cc1.c1ccc2c(c1)Cc1ccccc1-2. The predicted molar refractivity (Wildman–Crippen MR) is 123 cm³/mol. The van der Waals surface area contributed by atoms with Crippen LogP contribution in [0.2, 0.25) is 0 Å². The van der Waals surface area contributed by atoms with Crippen LogP contribution in [0.4, 0.5) is 0 Å². The van der Waals surface area contributed by atoms with Crippen molar-refractivity contribution in [2.75, 3.05) is 0 Å². The van der Waals surface area contributed by atoms with E-state index in [2.05, 4.69) is 62.4 Å². The van der Waals surface area contributed by atoms with Gasteiger partial charge >= 0.3 is 0 Å². The molecule has 1 aliphatic rings. The van der Waals surface area contributed by atoms with E-state index in [1.165, 1.54) is 22.3 Å². The quantitative estimate of drug-likeness (QED) is 0.350. The van der Waals surface area contributed by atoms with Crippen LogP contribution in [0.3, 0.4) is 0 Å². The minimum absolute atomic E-state index is 0.151. The van der Waals surface area contributed by atoms with Crippen molar-refractivity contribution in [3.63, 3.8) is 0 Å². The molecule has 0 aromatic heterocycles. The molecule has 2 heteroatoms. The minimum atomic E-state index is -0.151. The zero-order chi connectivity index (χ0) is 21.1. The van der Waals surface area contributed by atoms with Crippen molar-refractivity contribution in [1.29, 1.82) is 0 Å². The largest absolute Gasteiger partial charge is 0.508 e. The fourth-order valence-corrected chi connectivity index (χ4v) is 4.00. The van der Waals surface area contributed by atoms with E-state index in [4.69, 9.17) is 0 Å². The normalized spacial score (nSPS) is 11.8. The Kier molecular flexibility index (Phi) is 5.33. The number of phenols is 2. The third-order valence-electron chi connectivity index (χ3n) is 5.88. The fraction of sp³-hybridized carbons (Fsp3) is 0.143. The molecule has 0 fully saturated rings. The Morgan fingerprint density at radius 3 is 1.30 bits per heavy atom. The maximum atomic E-state index is 9.30. The van der Waals surface area contributed by atoms with Crippen molar-refractivity contribution in [2.45, 2.75) is 25.7 Å². The third-order valence-corrected chi connectivity index (χ3v) is 5.88. The standard InChI is InChI=1S/C15H16O2.C13H10/c1-15(2,11-3-7-13(16)8-4-11)12-5-9-14(17)10-6-12;1-3-7-12-10(5-1)9-11-6-2-4-8-13(11)12/h3-10,16-17H,1-2H3;1-8H,9H2. The molecular formula is C28H26O2. The molecule has 0 radical (unpaired) electrons. The number of rotatable bonds is 2. The number of fused-ring (bicyclic) bond motifs is 3. The molecule has 1 aliphatic carbocycles. The van der Waals surface area contributed by atoms with E-state index in [0.29, 0.717) is 0 Å². The van der Waals surface area contributed by atoms with Crippen LogP contribution in [0.15, 0.2) is 97.1 Å². The van der Waals surface area contributed by atoms with Crippen LogP contribution in [0.25, 0.3) is 11.1 Å². The van der Waals surface area contributed by atoms with Crippen molar-refractivity contribution in [1.82, 2.24) is 0 Å². The Morgan fingerprint density at radius 2 is 0.900 bits per heavy atom. The van der Waals surface area contributed by atoms with Gasteiger partial charge < -0.3 is 10.2 Å². The molecule has 0 spiro atoms. The van der Waals surface area contributed by atoms with Gasteiger partial charge in [0.15, 0.2) is 0 Å². The van der Waals surface area contributed by atoms with Crippen LogP contribution in [-0.2, 0) is 11.8 Å². The molecule has 2 nitrogen and oxygen atoms in total. The lowest BCUT2D eigenvalue weighted by Crippen LogP contribution is -2.18. The zero-order valence-corrected chi connectivity index (χ0v) is 17.3. The summed E-state index contributed by atoms with van der Waals surface area (Å²) in [5, 5.41) is 18.6. The summed E-state index contributed by atoms with van der Waals surface area (Å²) in [6, 6.07) is 31.8. The first-order valence-electron chi connectivity index (χ1n) is 10.2. The zero-order valence-electron chi connectivity index (χ0n) is 17.3. The number of phenolic OH excluding ortho intramolecular Hbond substituents is 2. The molecule has 0 amide bonds. The number of hydrogen-bond donors (Lipinski definition) is 2. The summed E-state index contributed by atoms with van der Waals surface area (Å²) in [7, 11) is 0. The Hall–Kier alpha value is -3.52. The van der Waals surface area contributed by atoms with Gasteiger partial charge in [-0.15, -0.1) is 0 Å². The van der Waals surface area contributed by atoms with Crippen molar-refractivity contribution in [3.8, 4) is 22.6 Å². The van der Waals surface area contributed by atoms with E-state index in [1.807, 2.05) is 24.3 Å². The Labute approximate surface area is 178 Å².